The first-order valence-corrected chi connectivity index (χ1v) is 8.52. The second kappa shape index (κ2) is 7.20. The predicted octanol–water partition coefficient (Wildman–Crippen LogP) is 1.01. The van der Waals surface area contributed by atoms with E-state index in [1.54, 1.807) is 19.0 Å². The Morgan fingerprint density at radius 1 is 1.45 bits per heavy atom. The van der Waals surface area contributed by atoms with Gasteiger partial charge in [0.2, 0.25) is 5.91 Å². The lowest BCUT2D eigenvalue weighted by atomic mass is 10.3. The van der Waals surface area contributed by atoms with E-state index in [1.165, 1.54) is 19.3 Å². The summed E-state index contributed by atoms with van der Waals surface area (Å²) >= 11 is 2.05. The van der Waals surface area contributed by atoms with Crippen LogP contribution in [0, 0.1) is 0 Å². The van der Waals surface area contributed by atoms with E-state index in [4.69, 9.17) is 0 Å². The molecule has 1 N–H and O–H groups in total. The van der Waals surface area contributed by atoms with Gasteiger partial charge in [-0.1, -0.05) is 6.92 Å². The highest BCUT2D eigenvalue weighted by molar-refractivity contribution is 8.00. The molecule has 1 atom stereocenters. The summed E-state index contributed by atoms with van der Waals surface area (Å²) in [6.45, 7) is 4.54. The Bertz CT molecular complexity index is 368. The third-order valence-electron chi connectivity index (χ3n) is 3.67. The third-order valence-corrected chi connectivity index (χ3v) is 5.04. The lowest BCUT2D eigenvalue weighted by molar-refractivity contribution is -0.127. The van der Waals surface area contributed by atoms with Gasteiger partial charge in [0.05, 0.1) is 0 Å². The maximum atomic E-state index is 11.7. The molecule has 1 aliphatic heterocycles. The van der Waals surface area contributed by atoms with E-state index in [9.17, 15) is 4.79 Å². The van der Waals surface area contributed by atoms with Gasteiger partial charge in [-0.05, 0) is 19.3 Å². The van der Waals surface area contributed by atoms with E-state index >= 15 is 0 Å². The van der Waals surface area contributed by atoms with Gasteiger partial charge in [0.25, 0.3) is 0 Å². The number of rotatable bonds is 4. The summed E-state index contributed by atoms with van der Waals surface area (Å²) in [5, 5.41) is 4.18. The van der Waals surface area contributed by atoms with E-state index < -0.39 is 0 Å². The number of nitrogens with zero attached hydrogens (tertiary/aromatic N) is 3. The minimum Gasteiger partial charge on any atom is -0.353 e. The molecule has 6 heteroatoms. The van der Waals surface area contributed by atoms with E-state index in [-0.39, 0.29) is 12.5 Å². The third kappa shape index (κ3) is 4.58. The lowest BCUT2D eigenvalue weighted by Gasteiger charge is -2.34. The van der Waals surface area contributed by atoms with E-state index in [0.717, 1.165) is 24.8 Å². The van der Waals surface area contributed by atoms with E-state index in [0.29, 0.717) is 11.3 Å². The largest absolute Gasteiger partial charge is 0.353 e. The lowest BCUT2D eigenvalue weighted by Crippen LogP contribution is -2.49. The van der Waals surface area contributed by atoms with Crippen LogP contribution in [0.15, 0.2) is 4.99 Å². The fourth-order valence-electron chi connectivity index (χ4n) is 2.09. The number of carbonyl (C=O) groups is 1. The Hall–Kier alpha value is -0.910. The SMILES string of the molecule is CCC1CN(C(=NCC(=O)N(C)C)NC2CC2)CCS1. The van der Waals surface area contributed by atoms with Gasteiger partial charge in [-0.3, -0.25) is 4.79 Å². The van der Waals surface area contributed by atoms with Gasteiger partial charge in [0, 0.05) is 44.2 Å². The number of nitrogens with one attached hydrogen (secondary N) is 1. The maximum absolute atomic E-state index is 11.7. The van der Waals surface area contributed by atoms with Crippen molar-refractivity contribution in [3.05, 3.63) is 0 Å². The van der Waals surface area contributed by atoms with Crippen LogP contribution in [-0.4, -0.2) is 72.4 Å². The van der Waals surface area contributed by atoms with Crippen molar-refractivity contribution in [1.29, 1.82) is 0 Å². The molecule has 2 aliphatic rings. The first-order chi connectivity index (χ1) is 9.60. The second-order valence-corrected chi connectivity index (χ2v) is 7.10. The zero-order valence-electron chi connectivity index (χ0n) is 12.8. The smallest absolute Gasteiger partial charge is 0.243 e. The van der Waals surface area contributed by atoms with Gasteiger partial charge in [-0.2, -0.15) is 11.8 Å². The van der Waals surface area contributed by atoms with E-state index in [1.807, 2.05) is 11.8 Å². The second-order valence-electron chi connectivity index (χ2n) is 5.69. The summed E-state index contributed by atoms with van der Waals surface area (Å²) in [7, 11) is 3.55. The first kappa shape index (κ1) is 15.5. The summed E-state index contributed by atoms with van der Waals surface area (Å²) in [6, 6.07) is 0.567. The summed E-state index contributed by atoms with van der Waals surface area (Å²) < 4.78 is 0. The topological polar surface area (TPSA) is 47.9 Å². The Morgan fingerprint density at radius 3 is 2.80 bits per heavy atom. The van der Waals surface area contributed by atoms with Gasteiger partial charge in [-0.15, -0.1) is 0 Å². The fraction of sp³-hybridized carbons (Fsp3) is 0.857. The molecule has 0 aromatic rings. The molecular formula is C14H26N4OS. The maximum Gasteiger partial charge on any atom is 0.243 e. The number of likely N-dealkylation sites (N-methyl/N-ethyl adjacent to an activating group) is 1. The van der Waals surface area contributed by atoms with Gasteiger partial charge in [0.15, 0.2) is 5.96 Å². The van der Waals surface area contributed by atoms with Gasteiger partial charge >= 0.3 is 0 Å². The molecule has 114 valence electrons. The first-order valence-electron chi connectivity index (χ1n) is 7.47. The molecule has 0 aromatic carbocycles. The van der Waals surface area contributed by atoms with Crippen molar-refractivity contribution in [3.8, 4) is 0 Å². The molecule has 20 heavy (non-hydrogen) atoms. The number of aliphatic imine (C=N–C) groups is 1. The number of carbonyl (C=O) groups excluding carboxylic acids is 1. The molecule has 1 aliphatic carbocycles. The van der Waals surface area contributed by atoms with Gasteiger partial charge in [0.1, 0.15) is 6.54 Å². The van der Waals surface area contributed by atoms with Crippen LogP contribution in [0.1, 0.15) is 26.2 Å². The highest BCUT2D eigenvalue weighted by atomic mass is 32.2. The fourth-order valence-corrected chi connectivity index (χ4v) is 3.27. The van der Waals surface area contributed by atoms with Crippen LogP contribution in [-0.2, 0) is 4.79 Å². The Balaban J connectivity index is 1.98. The van der Waals surface area contributed by atoms with Crippen molar-refractivity contribution in [2.45, 2.75) is 37.5 Å². The molecule has 0 radical (unpaired) electrons. The monoisotopic (exact) mass is 298 g/mol. The number of guanidine groups is 1. The van der Waals surface area contributed by atoms with Crippen molar-refractivity contribution in [2.75, 3.05) is 39.5 Å². The Morgan fingerprint density at radius 2 is 2.20 bits per heavy atom. The van der Waals surface area contributed by atoms with Crippen LogP contribution < -0.4 is 5.32 Å². The number of amides is 1. The quantitative estimate of drug-likeness (QED) is 0.622. The summed E-state index contributed by atoms with van der Waals surface area (Å²) in [5.74, 6) is 2.13. The van der Waals surface area contributed by atoms with Crippen LogP contribution in [0.25, 0.3) is 0 Å². The van der Waals surface area contributed by atoms with Crippen molar-refractivity contribution in [1.82, 2.24) is 15.1 Å². The Labute approximate surface area is 126 Å². The number of hydrogen-bond donors (Lipinski definition) is 1. The van der Waals surface area contributed by atoms with Crippen LogP contribution in [0.4, 0.5) is 0 Å². The van der Waals surface area contributed by atoms with Crippen LogP contribution >= 0.6 is 11.8 Å². The van der Waals surface area contributed by atoms with E-state index in [2.05, 4.69) is 22.1 Å². The van der Waals surface area contributed by atoms with Crippen LogP contribution in [0.3, 0.4) is 0 Å². The standard InChI is InChI=1S/C14H26N4OS/c1-4-12-10-18(7-8-20-12)14(16-11-5-6-11)15-9-13(19)17(2)3/h11-12H,4-10H2,1-3H3,(H,15,16). The molecule has 1 saturated heterocycles. The molecule has 2 fully saturated rings. The molecule has 1 unspecified atom stereocenters. The minimum atomic E-state index is 0.0542. The average Bonchev–Trinajstić information content (AvgIpc) is 3.27. The predicted molar refractivity (Wildman–Crippen MR) is 85.3 cm³/mol. The van der Waals surface area contributed by atoms with Crippen LogP contribution in [0.5, 0.6) is 0 Å². The van der Waals surface area contributed by atoms with Gasteiger partial charge in [-0.25, -0.2) is 4.99 Å². The molecule has 2 rings (SSSR count). The van der Waals surface area contributed by atoms with Crippen LogP contribution in [0.2, 0.25) is 0 Å². The number of hydrogen-bond acceptors (Lipinski definition) is 3. The molecule has 0 aromatic heterocycles. The zero-order valence-corrected chi connectivity index (χ0v) is 13.6. The molecule has 5 nitrogen and oxygen atoms in total. The van der Waals surface area contributed by atoms with Crippen molar-refractivity contribution in [3.63, 3.8) is 0 Å². The normalized spacial score (nSPS) is 23.6. The highest BCUT2D eigenvalue weighted by Crippen LogP contribution is 2.23. The van der Waals surface area contributed by atoms with Crippen molar-refractivity contribution < 1.29 is 4.79 Å². The van der Waals surface area contributed by atoms with Gasteiger partial charge < -0.3 is 15.1 Å². The summed E-state index contributed by atoms with van der Waals surface area (Å²) in [6.07, 6.45) is 3.63. The molecule has 1 amide bonds. The zero-order chi connectivity index (χ0) is 14.5. The molecule has 0 spiro atoms. The molecule has 1 saturated carbocycles. The van der Waals surface area contributed by atoms with Crippen molar-refractivity contribution >= 4 is 23.6 Å². The molecule has 0 bridgehead atoms. The molecule has 1 heterocycles. The van der Waals surface area contributed by atoms with Crippen molar-refractivity contribution in [2.24, 2.45) is 4.99 Å². The molecular weight excluding hydrogens is 272 g/mol. The summed E-state index contributed by atoms with van der Waals surface area (Å²) in [4.78, 5) is 20.2. The minimum absolute atomic E-state index is 0.0542. The number of thioether (sulfide) groups is 1. The summed E-state index contributed by atoms with van der Waals surface area (Å²) in [5.41, 5.74) is 0. The Kier molecular flexibility index (Phi) is 5.57. The average molecular weight is 298 g/mol. The highest BCUT2D eigenvalue weighted by Gasteiger charge is 2.27.